The van der Waals surface area contributed by atoms with Gasteiger partial charge in [-0.3, -0.25) is 4.79 Å². The van der Waals surface area contributed by atoms with Gasteiger partial charge in [-0.1, -0.05) is 48.5 Å². The molecule has 1 aliphatic rings. The van der Waals surface area contributed by atoms with Crippen molar-refractivity contribution in [2.45, 2.75) is 31.4 Å². The van der Waals surface area contributed by atoms with Crippen LogP contribution in [-0.4, -0.2) is 30.7 Å². The Morgan fingerprint density at radius 2 is 1.68 bits per heavy atom. The zero-order chi connectivity index (χ0) is 17.3. The van der Waals surface area contributed by atoms with Crippen LogP contribution in [0.2, 0.25) is 0 Å². The van der Waals surface area contributed by atoms with Crippen LogP contribution < -0.4 is 10.2 Å². The number of benzene rings is 2. The predicted molar refractivity (Wildman–Crippen MR) is 103 cm³/mol. The lowest BCUT2D eigenvalue weighted by atomic mass is 9.86. The molecule has 5 heteroatoms. The van der Waals surface area contributed by atoms with E-state index in [4.69, 9.17) is 0 Å². The summed E-state index contributed by atoms with van der Waals surface area (Å²) < 4.78 is 0. The third-order valence-corrected chi connectivity index (χ3v) is 4.79. The molecule has 0 radical (unpaired) electrons. The highest BCUT2D eigenvalue weighted by molar-refractivity contribution is 6.08. The summed E-state index contributed by atoms with van der Waals surface area (Å²) in [6.07, 6.45) is -0.705. The van der Waals surface area contributed by atoms with E-state index in [1.54, 1.807) is 11.9 Å². The second kappa shape index (κ2) is 7.56. The summed E-state index contributed by atoms with van der Waals surface area (Å²) in [6, 6.07) is 17.2. The lowest BCUT2D eigenvalue weighted by molar-refractivity contribution is -0.123. The Morgan fingerprint density at radius 3 is 2.32 bits per heavy atom. The Morgan fingerprint density at radius 1 is 1.08 bits per heavy atom. The summed E-state index contributed by atoms with van der Waals surface area (Å²) in [5.41, 5.74) is 2.23. The van der Waals surface area contributed by atoms with Gasteiger partial charge in [-0.05, 0) is 38.1 Å². The number of nitrogens with one attached hydrogen (secondary N) is 1. The minimum absolute atomic E-state index is 0. The first-order valence-electron chi connectivity index (χ1n) is 8.29. The van der Waals surface area contributed by atoms with E-state index in [0.29, 0.717) is 6.54 Å². The fourth-order valence-corrected chi connectivity index (χ4v) is 3.53. The van der Waals surface area contributed by atoms with Crippen LogP contribution >= 0.6 is 12.4 Å². The topological polar surface area (TPSA) is 52.6 Å². The number of halogens is 1. The van der Waals surface area contributed by atoms with Crippen molar-refractivity contribution in [3.63, 3.8) is 0 Å². The molecule has 0 saturated heterocycles. The van der Waals surface area contributed by atoms with Crippen LogP contribution in [0.3, 0.4) is 0 Å². The van der Waals surface area contributed by atoms with Crippen LogP contribution in [0.15, 0.2) is 54.6 Å². The highest BCUT2D eigenvalue weighted by Crippen LogP contribution is 2.45. The van der Waals surface area contributed by atoms with Crippen molar-refractivity contribution in [1.29, 1.82) is 0 Å². The van der Waals surface area contributed by atoms with Gasteiger partial charge < -0.3 is 15.3 Å². The second-order valence-electron chi connectivity index (χ2n) is 6.80. The van der Waals surface area contributed by atoms with E-state index in [9.17, 15) is 9.90 Å². The fraction of sp³-hybridized carbons (Fsp3) is 0.350. The molecule has 0 bridgehead atoms. The molecule has 25 heavy (non-hydrogen) atoms. The molecule has 0 aromatic heterocycles. The van der Waals surface area contributed by atoms with E-state index in [1.807, 2.05) is 68.4 Å². The van der Waals surface area contributed by atoms with Gasteiger partial charge in [0.1, 0.15) is 0 Å². The van der Waals surface area contributed by atoms with Gasteiger partial charge in [0.05, 0.1) is 17.6 Å². The number of aliphatic hydroxyl groups is 1. The molecular weight excluding hydrogens is 336 g/mol. The maximum atomic E-state index is 13.2. The number of aliphatic hydroxyl groups excluding tert-OH is 1. The maximum absolute atomic E-state index is 13.2. The SMILES string of the molecule is CNC[C@H](O)[C@H](c1ccccc1)N1C(=O)C(C)(C)c2ccccc21.Cl. The smallest absolute Gasteiger partial charge is 0.237 e. The van der Waals surface area contributed by atoms with Crippen LogP contribution in [0.1, 0.15) is 31.0 Å². The van der Waals surface area contributed by atoms with Crippen LogP contribution in [0, 0.1) is 0 Å². The van der Waals surface area contributed by atoms with Crippen molar-refractivity contribution in [2.75, 3.05) is 18.5 Å². The van der Waals surface area contributed by atoms with Gasteiger partial charge >= 0.3 is 0 Å². The van der Waals surface area contributed by atoms with Gasteiger partial charge in [0, 0.05) is 12.2 Å². The Bertz CT molecular complexity index is 733. The molecule has 1 aliphatic heterocycles. The van der Waals surface area contributed by atoms with E-state index in [0.717, 1.165) is 16.8 Å². The average molecular weight is 361 g/mol. The van der Waals surface area contributed by atoms with Crippen molar-refractivity contribution >= 4 is 24.0 Å². The number of para-hydroxylation sites is 1. The van der Waals surface area contributed by atoms with E-state index < -0.39 is 17.6 Å². The monoisotopic (exact) mass is 360 g/mol. The molecule has 2 aromatic rings. The van der Waals surface area contributed by atoms with Gasteiger partial charge in [-0.25, -0.2) is 0 Å². The first kappa shape index (κ1) is 19.4. The molecule has 2 aromatic carbocycles. The fourth-order valence-electron chi connectivity index (χ4n) is 3.53. The number of nitrogens with zero attached hydrogens (tertiary/aromatic N) is 1. The molecule has 0 fully saturated rings. The molecule has 1 amide bonds. The van der Waals surface area contributed by atoms with Crippen LogP contribution in [0.5, 0.6) is 0 Å². The molecule has 0 unspecified atom stereocenters. The van der Waals surface area contributed by atoms with E-state index in [2.05, 4.69) is 5.32 Å². The van der Waals surface area contributed by atoms with Gasteiger partial charge in [0.15, 0.2) is 0 Å². The molecule has 1 heterocycles. The minimum Gasteiger partial charge on any atom is -0.389 e. The molecule has 0 aliphatic carbocycles. The third-order valence-electron chi connectivity index (χ3n) is 4.79. The highest BCUT2D eigenvalue weighted by atomic mass is 35.5. The number of anilines is 1. The molecular formula is C20H25ClN2O2. The highest BCUT2D eigenvalue weighted by Gasteiger charge is 2.47. The lowest BCUT2D eigenvalue weighted by Crippen LogP contribution is -2.45. The van der Waals surface area contributed by atoms with Crippen molar-refractivity contribution in [3.8, 4) is 0 Å². The molecule has 0 saturated carbocycles. The third kappa shape index (κ3) is 3.30. The molecule has 0 spiro atoms. The zero-order valence-corrected chi connectivity index (χ0v) is 15.6. The normalized spacial score (nSPS) is 17.6. The van der Waals surface area contributed by atoms with Crippen LogP contribution in [-0.2, 0) is 10.2 Å². The van der Waals surface area contributed by atoms with Crippen molar-refractivity contribution in [2.24, 2.45) is 0 Å². The number of carbonyl (C=O) groups excluding carboxylic acids is 1. The Hall–Kier alpha value is -1.88. The Balaban J connectivity index is 0.00000225. The Labute approximate surface area is 155 Å². The number of rotatable bonds is 5. The van der Waals surface area contributed by atoms with Gasteiger partial charge in [-0.2, -0.15) is 0 Å². The number of carbonyl (C=O) groups is 1. The predicted octanol–water partition coefficient (Wildman–Crippen LogP) is 3.05. The first-order chi connectivity index (χ1) is 11.5. The van der Waals surface area contributed by atoms with E-state index >= 15 is 0 Å². The number of likely N-dealkylation sites (N-methyl/N-ethyl adjacent to an activating group) is 1. The molecule has 3 rings (SSSR count). The summed E-state index contributed by atoms with van der Waals surface area (Å²) in [4.78, 5) is 15.0. The molecule has 134 valence electrons. The Kier molecular flexibility index (Phi) is 5.88. The van der Waals surface area contributed by atoms with Crippen LogP contribution in [0.25, 0.3) is 0 Å². The van der Waals surface area contributed by atoms with Gasteiger partial charge in [0.25, 0.3) is 0 Å². The molecule has 4 nitrogen and oxygen atoms in total. The zero-order valence-electron chi connectivity index (χ0n) is 14.8. The van der Waals surface area contributed by atoms with Crippen LogP contribution in [0.4, 0.5) is 5.69 Å². The number of amides is 1. The minimum atomic E-state index is -0.705. The summed E-state index contributed by atoms with van der Waals surface area (Å²) in [5, 5.41) is 13.8. The summed E-state index contributed by atoms with van der Waals surface area (Å²) in [6.45, 7) is 4.30. The summed E-state index contributed by atoms with van der Waals surface area (Å²) >= 11 is 0. The van der Waals surface area contributed by atoms with E-state index in [-0.39, 0.29) is 18.3 Å². The number of hydrogen-bond acceptors (Lipinski definition) is 3. The standard InChI is InChI=1S/C20H24N2O2.ClH/c1-20(2)15-11-7-8-12-16(15)22(19(20)24)18(17(23)13-21-3)14-9-5-4-6-10-14;/h4-12,17-18,21,23H,13H2,1-3H3;1H/t17-,18-;/m0./s1. The molecule has 2 N–H and O–H groups in total. The quantitative estimate of drug-likeness (QED) is 0.861. The van der Waals surface area contributed by atoms with Crippen molar-refractivity contribution in [3.05, 3.63) is 65.7 Å². The largest absolute Gasteiger partial charge is 0.389 e. The van der Waals surface area contributed by atoms with Crippen molar-refractivity contribution < 1.29 is 9.90 Å². The molecule has 2 atom stereocenters. The van der Waals surface area contributed by atoms with E-state index in [1.165, 1.54) is 0 Å². The average Bonchev–Trinajstić information content (AvgIpc) is 2.78. The van der Waals surface area contributed by atoms with Crippen molar-refractivity contribution in [1.82, 2.24) is 5.32 Å². The van der Waals surface area contributed by atoms with Gasteiger partial charge in [0.2, 0.25) is 5.91 Å². The second-order valence-corrected chi connectivity index (χ2v) is 6.80. The first-order valence-corrected chi connectivity index (χ1v) is 8.29. The van der Waals surface area contributed by atoms with Gasteiger partial charge in [-0.15, -0.1) is 12.4 Å². The number of hydrogen-bond donors (Lipinski definition) is 2. The summed E-state index contributed by atoms with van der Waals surface area (Å²) in [5.74, 6) is 0.0210. The summed E-state index contributed by atoms with van der Waals surface area (Å²) in [7, 11) is 1.80. The number of fused-ring (bicyclic) bond motifs is 1. The maximum Gasteiger partial charge on any atom is 0.237 e. The lowest BCUT2D eigenvalue weighted by Gasteiger charge is -2.33.